The molecule has 0 aliphatic heterocycles. The summed E-state index contributed by atoms with van der Waals surface area (Å²) < 4.78 is 43.5. The van der Waals surface area contributed by atoms with Crippen molar-refractivity contribution >= 4 is 6.09 Å². The van der Waals surface area contributed by atoms with Crippen molar-refractivity contribution in [3.05, 3.63) is 35.4 Å². The van der Waals surface area contributed by atoms with Crippen LogP contribution in [0.3, 0.4) is 0 Å². The molecule has 0 radical (unpaired) electrons. The molecule has 126 valence electrons. The Morgan fingerprint density at radius 1 is 1.35 bits per heavy atom. The third-order valence-electron chi connectivity index (χ3n) is 2.89. The predicted molar refractivity (Wildman–Crippen MR) is 78.3 cm³/mol. The van der Waals surface area contributed by atoms with Crippen LogP contribution in [0.2, 0.25) is 0 Å². The van der Waals surface area contributed by atoms with Gasteiger partial charge < -0.3 is 4.74 Å². The first-order chi connectivity index (χ1) is 10.4. The molecule has 0 bridgehead atoms. The van der Waals surface area contributed by atoms with Crippen molar-refractivity contribution in [1.29, 1.82) is 5.26 Å². The number of amides is 1. The van der Waals surface area contributed by atoms with Gasteiger partial charge in [0.1, 0.15) is 11.6 Å². The minimum absolute atomic E-state index is 0.145. The van der Waals surface area contributed by atoms with Crippen molar-refractivity contribution in [1.82, 2.24) is 4.90 Å². The highest BCUT2D eigenvalue weighted by Gasteiger charge is 2.31. The van der Waals surface area contributed by atoms with Crippen LogP contribution < -0.4 is 0 Å². The van der Waals surface area contributed by atoms with E-state index in [4.69, 9.17) is 10.00 Å². The lowest BCUT2D eigenvalue weighted by Gasteiger charge is -2.29. The van der Waals surface area contributed by atoms with E-state index in [0.29, 0.717) is 0 Å². The second kappa shape index (κ2) is 6.90. The molecule has 23 heavy (non-hydrogen) atoms. The molecule has 0 aliphatic carbocycles. The summed E-state index contributed by atoms with van der Waals surface area (Å²) in [5.41, 5.74) is -1.30. The van der Waals surface area contributed by atoms with E-state index in [0.717, 1.165) is 17.0 Å². The zero-order valence-corrected chi connectivity index (χ0v) is 13.4. The highest BCUT2D eigenvalue weighted by Crippen LogP contribution is 2.30. The molecule has 4 nitrogen and oxygen atoms in total. The van der Waals surface area contributed by atoms with Gasteiger partial charge in [-0.25, -0.2) is 4.79 Å². The molecule has 0 spiro atoms. The Bertz CT molecular complexity index is 601. The summed E-state index contributed by atoms with van der Waals surface area (Å²) in [7, 11) is 0. The zero-order chi connectivity index (χ0) is 17.8. The molecule has 0 N–H and O–H groups in total. The number of alkyl halides is 3. The van der Waals surface area contributed by atoms with E-state index in [2.05, 4.69) is 0 Å². The molecular weight excluding hydrogens is 309 g/mol. The van der Waals surface area contributed by atoms with E-state index in [1.807, 2.05) is 6.07 Å². The van der Waals surface area contributed by atoms with Crippen LogP contribution >= 0.6 is 0 Å². The van der Waals surface area contributed by atoms with Crippen LogP contribution in [-0.4, -0.2) is 22.6 Å². The Morgan fingerprint density at radius 2 is 1.96 bits per heavy atom. The number of nitrogens with zero attached hydrogens (tertiary/aromatic N) is 2. The molecule has 0 saturated carbocycles. The SMILES string of the molecule is CC(C#N)N(Cc1cccc(C(F)(F)F)c1)C(=O)OC(C)(C)C. The minimum Gasteiger partial charge on any atom is -0.444 e. The fourth-order valence-electron chi connectivity index (χ4n) is 1.79. The van der Waals surface area contributed by atoms with Crippen molar-refractivity contribution in [2.75, 3.05) is 0 Å². The highest BCUT2D eigenvalue weighted by atomic mass is 19.4. The van der Waals surface area contributed by atoms with Crippen molar-refractivity contribution in [3.63, 3.8) is 0 Å². The topological polar surface area (TPSA) is 53.3 Å². The van der Waals surface area contributed by atoms with Gasteiger partial charge in [0.25, 0.3) is 0 Å². The molecule has 0 aliphatic rings. The van der Waals surface area contributed by atoms with Crippen molar-refractivity contribution in [2.45, 2.75) is 52.1 Å². The molecular formula is C16H19F3N2O2. The second-order valence-electron chi connectivity index (χ2n) is 6.11. The standard InChI is InChI=1S/C16H19F3N2O2/c1-11(9-20)21(14(22)23-15(2,3)4)10-12-6-5-7-13(8-12)16(17,18)19/h5-8,11H,10H2,1-4H3. The highest BCUT2D eigenvalue weighted by molar-refractivity contribution is 5.69. The van der Waals surface area contributed by atoms with Crippen LogP contribution in [-0.2, 0) is 17.5 Å². The van der Waals surface area contributed by atoms with E-state index in [-0.39, 0.29) is 12.1 Å². The Labute approximate surface area is 133 Å². The van der Waals surface area contributed by atoms with Gasteiger partial charge in [-0.05, 0) is 45.4 Å². The molecule has 0 heterocycles. The van der Waals surface area contributed by atoms with E-state index >= 15 is 0 Å². The quantitative estimate of drug-likeness (QED) is 0.828. The molecule has 1 aromatic rings. The van der Waals surface area contributed by atoms with Gasteiger partial charge in [-0.2, -0.15) is 18.4 Å². The number of hydrogen-bond donors (Lipinski definition) is 0. The van der Waals surface area contributed by atoms with Gasteiger partial charge in [0.2, 0.25) is 0 Å². The fraction of sp³-hybridized carbons (Fsp3) is 0.500. The zero-order valence-electron chi connectivity index (χ0n) is 13.4. The largest absolute Gasteiger partial charge is 0.444 e. The lowest BCUT2D eigenvalue weighted by atomic mass is 10.1. The summed E-state index contributed by atoms with van der Waals surface area (Å²) in [5.74, 6) is 0. The Kier molecular flexibility index (Phi) is 5.65. The summed E-state index contributed by atoms with van der Waals surface area (Å²) in [4.78, 5) is 13.3. The smallest absolute Gasteiger partial charge is 0.416 e. The van der Waals surface area contributed by atoms with Crippen LogP contribution in [0.15, 0.2) is 24.3 Å². The summed E-state index contributed by atoms with van der Waals surface area (Å²) >= 11 is 0. The average molecular weight is 328 g/mol. The first kappa shape index (κ1) is 18.8. The third kappa shape index (κ3) is 5.81. The maximum absolute atomic E-state index is 12.8. The van der Waals surface area contributed by atoms with Crippen LogP contribution in [0.4, 0.5) is 18.0 Å². The number of rotatable bonds is 3. The van der Waals surface area contributed by atoms with Gasteiger partial charge in [0.15, 0.2) is 0 Å². The number of carbonyl (C=O) groups is 1. The van der Waals surface area contributed by atoms with Crippen LogP contribution in [0.25, 0.3) is 0 Å². The lowest BCUT2D eigenvalue weighted by molar-refractivity contribution is -0.137. The molecule has 1 unspecified atom stereocenters. The first-order valence-electron chi connectivity index (χ1n) is 6.99. The van der Waals surface area contributed by atoms with Gasteiger partial charge in [-0.1, -0.05) is 12.1 Å². The number of ether oxygens (including phenoxy) is 1. The van der Waals surface area contributed by atoms with E-state index in [1.165, 1.54) is 19.1 Å². The normalized spacial score (nSPS) is 13.1. The molecule has 1 amide bonds. The van der Waals surface area contributed by atoms with E-state index in [9.17, 15) is 18.0 Å². The molecule has 0 aromatic heterocycles. The van der Waals surface area contributed by atoms with Gasteiger partial charge in [0, 0.05) is 0 Å². The van der Waals surface area contributed by atoms with E-state index < -0.39 is 29.5 Å². The van der Waals surface area contributed by atoms with Crippen LogP contribution in [0.5, 0.6) is 0 Å². The molecule has 1 aromatic carbocycles. The summed E-state index contributed by atoms with van der Waals surface area (Å²) in [6.07, 6.45) is -5.21. The maximum atomic E-state index is 12.8. The van der Waals surface area contributed by atoms with Crippen LogP contribution in [0.1, 0.15) is 38.8 Å². The van der Waals surface area contributed by atoms with Gasteiger partial charge in [0.05, 0.1) is 18.2 Å². The fourth-order valence-corrected chi connectivity index (χ4v) is 1.79. The Hall–Kier alpha value is -2.23. The number of benzene rings is 1. The molecule has 7 heteroatoms. The average Bonchev–Trinajstić information content (AvgIpc) is 2.41. The predicted octanol–water partition coefficient (Wildman–Crippen LogP) is 4.35. The Morgan fingerprint density at radius 3 is 2.43 bits per heavy atom. The summed E-state index contributed by atoms with van der Waals surface area (Å²) in [6, 6.07) is 5.71. The van der Waals surface area contributed by atoms with E-state index in [1.54, 1.807) is 20.8 Å². The summed E-state index contributed by atoms with van der Waals surface area (Å²) in [5, 5.41) is 9.03. The minimum atomic E-state index is -4.46. The van der Waals surface area contributed by atoms with Crippen molar-refractivity contribution in [3.8, 4) is 6.07 Å². The van der Waals surface area contributed by atoms with Gasteiger partial charge in [-0.3, -0.25) is 4.90 Å². The van der Waals surface area contributed by atoms with Crippen LogP contribution in [0, 0.1) is 11.3 Å². The third-order valence-corrected chi connectivity index (χ3v) is 2.89. The molecule has 0 saturated heterocycles. The first-order valence-corrected chi connectivity index (χ1v) is 6.99. The number of hydrogen-bond acceptors (Lipinski definition) is 3. The second-order valence-corrected chi connectivity index (χ2v) is 6.11. The number of carbonyl (C=O) groups excluding carboxylic acids is 1. The van der Waals surface area contributed by atoms with Crippen molar-refractivity contribution in [2.24, 2.45) is 0 Å². The number of nitriles is 1. The maximum Gasteiger partial charge on any atom is 0.416 e. The lowest BCUT2D eigenvalue weighted by Crippen LogP contribution is -2.41. The molecule has 0 fully saturated rings. The monoisotopic (exact) mass is 328 g/mol. The summed E-state index contributed by atoms with van der Waals surface area (Å²) in [6.45, 7) is 6.35. The van der Waals surface area contributed by atoms with Crippen molar-refractivity contribution < 1.29 is 22.7 Å². The number of halogens is 3. The van der Waals surface area contributed by atoms with Gasteiger partial charge >= 0.3 is 12.3 Å². The molecule has 1 rings (SSSR count). The molecule has 1 atom stereocenters. The Balaban J connectivity index is 3.03. The van der Waals surface area contributed by atoms with Gasteiger partial charge in [-0.15, -0.1) is 0 Å².